The Morgan fingerprint density at radius 1 is 1.50 bits per heavy atom. The molecule has 0 aromatic carbocycles. The van der Waals surface area contributed by atoms with E-state index in [-0.39, 0.29) is 24.0 Å². The number of halogens is 1. The lowest BCUT2D eigenvalue weighted by atomic mass is 10.4. The van der Waals surface area contributed by atoms with E-state index in [0.29, 0.717) is 6.54 Å². The van der Waals surface area contributed by atoms with Crippen molar-refractivity contribution >= 4 is 29.9 Å². The molecule has 1 aliphatic carbocycles. The lowest BCUT2D eigenvalue weighted by Gasteiger charge is -2.11. The lowest BCUT2D eigenvalue weighted by Crippen LogP contribution is -2.38. The molecule has 1 heterocycles. The molecule has 18 heavy (non-hydrogen) atoms. The van der Waals surface area contributed by atoms with Gasteiger partial charge in [-0.1, -0.05) is 0 Å². The molecule has 0 spiro atoms. The first-order chi connectivity index (χ1) is 8.33. The Labute approximate surface area is 125 Å². The van der Waals surface area contributed by atoms with Crippen LogP contribution in [0, 0.1) is 5.92 Å². The average molecular weight is 364 g/mol. The third-order valence-corrected chi connectivity index (χ3v) is 2.93. The molecule has 0 unspecified atom stereocenters. The topological polar surface area (TPSA) is 67.1 Å². The van der Waals surface area contributed by atoms with E-state index in [1.54, 1.807) is 13.4 Å². The SMILES string of the molecule is CCn1cnnc1CNC(=NC)NCC1CC1.I. The molecule has 102 valence electrons. The quantitative estimate of drug-likeness (QED) is 0.465. The van der Waals surface area contributed by atoms with Crippen LogP contribution in [-0.4, -0.2) is 34.3 Å². The number of aryl methyl sites for hydroxylation is 1. The fraction of sp³-hybridized carbons (Fsp3) is 0.727. The molecule has 0 saturated heterocycles. The third kappa shape index (κ3) is 4.43. The van der Waals surface area contributed by atoms with E-state index < -0.39 is 0 Å². The summed E-state index contributed by atoms with van der Waals surface area (Å²) in [6, 6.07) is 0. The van der Waals surface area contributed by atoms with Crippen molar-refractivity contribution in [2.45, 2.75) is 32.9 Å². The molecule has 7 heteroatoms. The molecule has 0 amide bonds. The normalized spacial score (nSPS) is 15.1. The van der Waals surface area contributed by atoms with Gasteiger partial charge in [0.1, 0.15) is 6.33 Å². The Morgan fingerprint density at radius 2 is 2.28 bits per heavy atom. The third-order valence-electron chi connectivity index (χ3n) is 2.93. The van der Waals surface area contributed by atoms with E-state index in [9.17, 15) is 0 Å². The van der Waals surface area contributed by atoms with Crippen molar-refractivity contribution in [3.63, 3.8) is 0 Å². The zero-order valence-corrected chi connectivity index (χ0v) is 13.2. The van der Waals surface area contributed by atoms with E-state index in [1.165, 1.54) is 12.8 Å². The van der Waals surface area contributed by atoms with Gasteiger partial charge >= 0.3 is 0 Å². The summed E-state index contributed by atoms with van der Waals surface area (Å²) in [5.74, 6) is 2.61. The standard InChI is InChI=1S/C11H20N6.HI/c1-3-17-8-15-16-10(17)7-14-11(12-2)13-6-9-4-5-9;/h8-9H,3-7H2,1-2H3,(H2,12,13,14);1H. The van der Waals surface area contributed by atoms with Crippen LogP contribution in [0.4, 0.5) is 0 Å². The number of nitrogens with one attached hydrogen (secondary N) is 2. The monoisotopic (exact) mass is 364 g/mol. The minimum absolute atomic E-state index is 0. The molecule has 0 radical (unpaired) electrons. The maximum Gasteiger partial charge on any atom is 0.191 e. The Hall–Kier alpha value is -0.860. The number of nitrogens with zero attached hydrogens (tertiary/aromatic N) is 4. The minimum Gasteiger partial charge on any atom is -0.356 e. The van der Waals surface area contributed by atoms with Crippen LogP contribution in [0.5, 0.6) is 0 Å². The molecule has 2 rings (SSSR count). The highest BCUT2D eigenvalue weighted by molar-refractivity contribution is 14.0. The largest absolute Gasteiger partial charge is 0.356 e. The van der Waals surface area contributed by atoms with Crippen LogP contribution in [0.15, 0.2) is 11.3 Å². The van der Waals surface area contributed by atoms with E-state index in [1.807, 2.05) is 4.57 Å². The maximum atomic E-state index is 4.18. The second-order valence-electron chi connectivity index (χ2n) is 4.28. The van der Waals surface area contributed by atoms with Gasteiger partial charge in [-0.05, 0) is 25.7 Å². The fourth-order valence-corrected chi connectivity index (χ4v) is 1.63. The summed E-state index contributed by atoms with van der Waals surface area (Å²) in [5.41, 5.74) is 0. The molecule has 1 aromatic heterocycles. The highest BCUT2D eigenvalue weighted by atomic mass is 127. The van der Waals surface area contributed by atoms with Gasteiger partial charge in [-0.15, -0.1) is 34.2 Å². The van der Waals surface area contributed by atoms with Crippen molar-refractivity contribution in [2.75, 3.05) is 13.6 Å². The van der Waals surface area contributed by atoms with Crippen molar-refractivity contribution in [1.82, 2.24) is 25.4 Å². The summed E-state index contributed by atoms with van der Waals surface area (Å²) < 4.78 is 2.02. The second-order valence-corrected chi connectivity index (χ2v) is 4.28. The van der Waals surface area contributed by atoms with Crippen molar-refractivity contribution in [1.29, 1.82) is 0 Å². The fourth-order valence-electron chi connectivity index (χ4n) is 1.63. The predicted molar refractivity (Wildman–Crippen MR) is 82.0 cm³/mol. The average Bonchev–Trinajstić information content (AvgIpc) is 3.07. The number of rotatable bonds is 5. The molecular weight excluding hydrogens is 343 g/mol. The van der Waals surface area contributed by atoms with Gasteiger partial charge in [-0.2, -0.15) is 0 Å². The van der Waals surface area contributed by atoms with Gasteiger partial charge in [0, 0.05) is 20.1 Å². The molecule has 1 aliphatic rings. The molecule has 2 N–H and O–H groups in total. The van der Waals surface area contributed by atoms with Crippen LogP contribution in [0.25, 0.3) is 0 Å². The first kappa shape index (κ1) is 15.2. The predicted octanol–water partition coefficient (Wildman–Crippen LogP) is 0.991. The number of aliphatic imine (C=N–C) groups is 1. The van der Waals surface area contributed by atoms with Crippen LogP contribution >= 0.6 is 24.0 Å². The number of hydrogen-bond acceptors (Lipinski definition) is 3. The summed E-state index contributed by atoms with van der Waals surface area (Å²) in [4.78, 5) is 4.18. The number of aromatic nitrogens is 3. The maximum absolute atomic E-state index is 4.18. The summed E-state index contributed by atoms with van der Waals surface area (Å²) in [6.07, 6.45) is 4.43. The molecule has 1 aromatic rings. The second kappa shape index (κ2) is 7.55. The Bertz CT molecular complexity index is 385. The van der Waals surface area contributed by atoms with Gasteiger partial charge in [0.15, 0.2) is 11.8 Å². The summed E-state index contributed by atoms with van der Waals surface area (Å²) in [5, 5.41) is 14.5. The lowest BCUT2D eigenvalue weighted by molar-refractivity contribution is 0.665. The van der Waals surface area contributed by atoms with Gasteiger partial charge in [-0.25, -0.2) is 0 Å². The van der Waals surface area contributed by atoms with Crippen molar-refractivity contribution < 1.29 is 0 Å². The highest BCUT2D eigenvalue weighted by Gasteiger charge is 2.21. The van der Waals surface area contributed by atoms with E-state index in [0.717, 1.165) is 30.8 Å². The Morgan fingerprint density at radius 3 is 2.89 bits per heavy atom. The molecular formula is C11H21IN6. The van der Waals surface area contributed by atoms with Crippen LogP contribution in [0.2, 0.25) is 0 Å². The van der Waals surface area contributed by atoms with Crippen LogP contribution in [0.3, 0.4) is 0 Å². The van der Waals surface area contributed by atoms with Crippen molar-refractivity contribution in [2.24, 2.45) is 10.9 Å². The summed E-state index contributed by atoms with van der Waals surface area (Å²) >= 11 is 0. The van der Waals surface area contributed by atoms with Crippen LogP contribution < -0.4 is 10.6 Å². The van der Waals surface area contributed by atoms with E-state index >= 15 is 0 Å². The molecule has 1 saturated carbocycles. The zero-order chi connectivity index (χ0) is 12.1. The Kier molecular flexibility index (Phi) is 6.37. The van der Waals surface area contributed by atoms with Crippen LogP contribution in [0.1, 0.15) is 25.6 Å². The summed E-state index contributed by atoms with van der Waals surface area (Å²) in [6.45, 7) is 4.63. The van der Waals surface area contributed by atoms with Gasteiger partial charge < -0.3 is 15.2 Å². The van der Waals surface area contributed by atoms with Crippen molar-refractivity contribution in [3.05, 3.63) is 12.2 Å². The van der Waals surface area contributed by atoms with E-state index in [2.05, 4.69) is 32.7 Å². The highest BCUT2D eigenvalue weighted by Crippen LogP contribution is 2.27. The van der Waals surface area contributed by atoms with Crippen molar-refractivity contribution in [3.8, 4) is 0 Å². The van der Waals surface area contributed by atoms with Gasteiger partial charge in [0.2, 0.25) is 0 Å². The molecule has 6 nitrogen and oxygen atoms in total. The minimum atomic E-state index is 0. The first-order valence-electron chi connectivity index (χ1n) is 6.14. The van der Waals surface area contributed by atoms with Gasteiger partial charge in [0.25, 0.3) is 0 Å². The molecule has 0 aliphatic heterocycles. The van der Waals surface area contributed by atoms with Gasteiger partial charge in [-0.3, -0.25) is 4.99 Å². The number of hydrogen-bond donors (Lipinski definition) is 2. The van der Waals surface area contributed by atoms with Crippen LogP contribution in [-0.2, 0) is 13.1 Å². The number of guanidine groups is 1. The Balaban J connectivity index is 0.00000162. The summed E-state index contributed by atoms with van der Waals surface area (Å²) in [7, 11) is 1.78. The van der Waals surface area contributed by atoms with Gasteiger partial charge in [0.05, 0.1) is 6.54 Å². The molecule has 0 atom stereocenters. The first-order valence-corrected chi connectivity index (χ1v) is 6.14. The molecule has 0 bridgehead atoms. The zero-order valence-electron chi connectivity index (χ0n) is 10.9. The smallest absolute Gasteiger partial charge is 0.191 e. The molecule has 1 fully saturated rings. The van der Waals surface area contributed by atoms with E-state index in [4.69, 9.17) is 0 Å².